The second kappa shape index (κ2) is 6.27. The largest absolute Gasteiger partial charge is 0.426 e. The average molecular weight is 354 g/mol. The summed E-state index contributed by atoms with van der Waals surface area (Å²) in [5.41, 5.74) is 0.983. The Kier molecular flexibility index (Phi) is 3.93. The second-order valence-electron chi connectivity index (χ2n) is 5.89. The molecule has 2 aromatic carbocycles. The highest BCUT2D eigenvalue weighted by Crippen LogP contribution is 2.36. The van der Waals surface area contributed by atoms with Crippen molar-refractivity contribution < 1.29 is 23.6 Å². The minimum absolute atomic E-state index is 0.109. The van der Waals surface area contributed by atoms with Crippen LogP contribution in [0.5, 0.6) is 5.75 Å². The van der Waals surface area contributed by atoms with Gasteiger partial charge in [0.2, 0.25) is 0 Å². The molecule has 0 N–H and O–H groups in total. The third-order valence-electron chi connectivity index (χ3n) is 4.31. The van der Waals surface area contributed by atoms with Gasteiger partial charge in [-0.2, -0.15) is 5.06 Å². The first-order valence-electron chi connectivity index (χ1n) is 8.02. The van der Waals surface area contributed by atoms with Gasteiger partial charge in [0, 0.05) is 5.39 Å². The zero-order valence-electron chi connectivity index (χ0n) is 13.9. The monoisotopic (exact) mass is 354 g/mol. The maximum atomic E-state index is 13.5. The van der Waals surface area contributed by atoms with Crippen LogP contribution in [0.4, 0.5) is 4.39 Å². The first-order valence-corrected chi connectivity index (χ1v) is 8.02. The molecule has 1 aliphatic rings. The molecule has 6 nitrogen and oxygen atoms in total. The predicted octanol–water partition coefficient (Wildman–Crippen LogP) is 3.29. The van der Waals surface area contributed by atoms with E-state index >= 15 is 0 Å². The van der Waals surface area contributed by atoms with Gasteiger partial charge in [0.15, 0.2) is 0 Å². The Labute approximate surface area is 148 Å². The van der Waals surface area contributed by atoms with Crippen LogP contribution < -0.4 is 4.74 Å². The fourth-order valence-corrected chi connectivity index (χ4v) is 3.24. The molecule has 3 aromatic rings. The summed E-state index contributed by atoms with van der Waals surface area (Å²) in [6, 6.07) is 14.5. The molecule has 0 saturated carbocycles. The van der Waals surface area contributed by atoms with Crippen molar-refractivity contribution in [1.29, 1.82) is 0 Å². The molecule has 1 aliphatic heterocycles. The molecular weight excluding hydrogens is 339 g/mol. The van der Waals surface area contributed by atoms with Gasteiger partial charge in [0.1, 0.15) is 23.4 Å². The van der Waals surface area contributed by atoms with E-state index in [1.165, 1.54) is 19.2 Å². The molecule has 1 atom stereocenters. The average Bonchev–Trinajstić information content (AvgIpc) is 3.11. The van der Waals surface area contributed by atoms with Gasteiger partial charge in [-0.15, -0.1) is 0 Å². The highest BCUT2D eigenvalue weighted by Gasteiger charge is 2.40. The number of ether oxygens (including phenoxy) is 1. The van der Waals surface area contributed by atoms with Crippen LogP contribution in [0.15, 0.2) is 54.6 Å². The SMILES string of the molecule is CON1C(=O)c2cc3cc(F)ccc3n2C1CC(=O)Oc1ccccc1. The number of amides is 1. The van der Waals surface area contributed by atoms with Crippen LogP contribution in [0.3, 0.4) is 0 Å². The van der Waals surface area contributed by atoms with E-state index in [2.05, 4.69) is 0 Å². The molecule has 1 aromatic heterocycles. The van der Waals surface area contributed by atoms with Crippen molar-refractivity contribution in [3.05, 3.63) is 66.1 Å². The van der Waals surface area contributed by atoms with E-state index in [1.54, 1.807) is 41.0 Å². The van der Waals surface area contributed by atoms with Gasteiger partial charge >= 0.3 is 5.97 Å². The molecule has 2 heterocycles. The van der Waals surface area contributed by atoms with Crippen LogP contribution in [-0.4, -0.2) is 28.6 Å². The smallest absolute Gasteiger partial charge is 0.315 e. The Hall–Kier alpha value is -3.19. The first kappa shape index (κ1) is 16.3. The van der Waals surface area contributed by atoms with E-state index in [9.17, 15) is 14.0 Å². The summed E-state index contributed by atoms with van der Waals surface area (Å²) in [7, 11) is 1.36. The number of carbonyl (C=O) groups excluding carboxylic acids is 2. The number of carbonyl (C=O) groups is 2. The highest BCUT2D eigenvalue weighted by molar-refractivity contribution is 6.01. The van der Waals surface area contributed by atoms with E-state index in [1.807, 2.05) is 6.07 Å². The summed E-state index contributed by atoms with van der Waals surface area (Å²) in [4.78, 5) is 30.1. The van der Waals surface area contributed by atoms with Crippen LogP contribution in [0, 0.1) is 5.82 Å². The summed E-state index contributed by atoms with van der Waals surface area (Å²) < 4.78 is 20.5. The van der Waals surface area contributed by atoms with Crippen LogP contribution in [0.25, 0.3) is 10.9 Å². The Morgan fingerprint density at radius 1 is 1.15 bits per heavy atom. The summed E-state index contributed by atoms with van der Waals surface area (Å²) in [5.74, 6) is -0.863. The molecule has 26 heavy (non-hydrogen) atoms. The molecule has 132 valence electrons. The molecule has 0 spiro atoms. The predicted molar refractivity (Wildman–Crippen MR) is 90.8 cm³/mol. The zero-order valence-corrected chi connectivity index (χ0v) is 13.9. The first-order chi connectivity index (χ1) is 12.6. The van der Waals surface area contributed by atoms with E-state index < -0.39 is 18.0 Å². The number of fused-ring (bicyclic) bond motifs is 3. The van der Waals surface area contributed by atoms with Crippen molar-refractivity contribution in [3.63, 3.8) is 0 Å². The van der Waals surface area contributed by atoms with Gasteiger partial charge in [-0.3, -0.25) is 14.4 Å². The molecule has 1 amide bonds. The molecule has 7 heteroatoms. The van der Waals surface area contributed by atoms with E-state index in [4.69, 9.17) is 9.57 Å². The van der Waals surface area contributed by atoms with Crippen LogP contribution >= 0.6 is 0 Å². The molecule has 0 radical (unpaired) electrons. The quantitative estimate of drug-likeness (QED) is 0.533. The van der Waals surface area contributed by atoms with Crippen molar-refractivity contribution in [3.8, 4) is 5.75 Å². The summed E-state index contributed by atoms with van der Waals surface area (Å²) in [6.07, 6.45) is -0.815. The van der Waals surface area contributed by atoms with Gasteiger partial charge in [-0.1, -0.05) is 18.2 Å². The lowest BCUT2D eigenvalue weighted by molar-refractivity contribution is -0.151. The number of benzene rings is 2. The normalized spacial score (nSPS) is 16.2. The van der Waals surface area contributed by atoms with Gasteiger partial charge < -0.3 is 9.30 Å². The van der Waals surface area contributed by atoms with E-state index in [0.717, 1.165) is 5.06 Å². The highest BCUT2D eigenvalue weighted by atomic mass is 19.1. The number of para-hydroxylation sites is 1. The van der Waals surface area contributed by atoms with Crippen molar-refractivity contribution in [1.82, 2.24) is 9.63 Å². The lowest BCUT2D eigenvalue weighted by atomic mass is 10.2. The Morgan fingerprint density at radius 3 is 2.65 bits per heavy atom. The lowest BCUT2D eigenvalue weighted by Crippen LogP contribution is -2.31. The molecule has 0 saturated heterocycles. The second-order valence-corrected chi connectivity index (χ2v) is 5.89. The third kappa shape index (κ3) is 2.62. The van der Waals surface area contributed by atoms with Crippen molar-refractivity contribution in [2.24, 2.45) is 0 Å². The fraction of sp³-hybridized carbons (Fsp3) is 0.158. The summed E-state index contributed by atoms with van der Waals surface area (Å²) in [5, 5.41) is 1.72. The molecular formula is C19H15FN2O4. The zero-order chi connectivity index (χ0) is 18.3. The third-order valence-corrected chi connectivity index (χ3v) is 4.31. The molecule has 0 fully saturated rings. The molecule has 0 aliphatic carbocycles. The topological polar surface area (TPSA) is 60.8 Å². The van der Waals surface area contributed by atoms with E-state index in [0.29, 0.717) is 22.3 Å². The van der Waals surface area contributed by atoms with Crippen molar-refractivity contribution in [2.45, 2.75) is 12.6 Å². The molecule has 1 unspecified atom stereocenters. The van der Waals surface area contributed by atoms with Gasteiger partial charge in [0.05, 0.1) is 19.0 Å². The molecule has 4 rings (SSSR count). The number of hydrogen-bond donors (Lipinski definition) is 0. The van der Waals surface area contributed by atoms with Gasteiger partial charge in [0.25, 0.3) is 5.91 Å². The standard InChI is InChI=1S/C19H15FN2O4/c1-25-22-17(11-18(23)26-14-5-3-2-4-6-14)21-15-8-7-13(20)9-12(15)10-16(21)19(22)24/h2-10,17H,11H2,1H3. The van der Waals surface area contributed by atoms with Gasteiger partial charge in [-0.05, 0) is 36.4 Å². The van der Waals surface area contributed by atoms with Crippen LogP contribution in [-0.2, 0) is 9.63 Å². The summed E-state index contributed by atoms with van der Waals surface area (Å²) >= 11 is 0. The Morgan fingerprint density at radius 2 is 1.92 bits per heavy atom. The van der Waals surface area contributed by atoms with Crippen molar-refractivity contribution in [2.75, 3.05) is 7.11 Å². The van der Waals surface area contributed by atoms with Gasteiger partial charge in [-0.25, -0.2) is 4.39 Å². The Bertz CT molecular complexity index is 999. The summed E-state index contributed by atoms with van der Waals surface area (Å²) in [6.45, 7) is 0. The van der Waals surface area contributed by atoms with Crippen LogP contribution in [0.1, 0.15) is 23.1 Å². The number of hydrogen-bond acceptors (Lipinski definition) is 4. The van der Waals surface area contributed by atoms with E-state index in [-0.39, 0.29) is 12.3 Å². The van der Waals surface area contributed by atoms with Crippen LogP contribution in [0.2, 0.25) is 0 Å². The number of esters is 1. The fourth-order valence-electron chi connectivity index (χ4n) is 3.24. The van der Waals surface area contributed by atoms with Crippen molar-refractivity contribution >= 4 is 22.8 Å². The number of nitrogens with zero attached hydrogens (tertiary/aromatic N) is 2. The number of halogens is 1. The minimum atomic E-state index is -0.707. The number of rotatable bonds is 4. The lowest BCUT2D eigenvalue weighted by Gasteiger charge is -2.23. The minimum Gasteiger partial charge on any atom is -0.426 e. The maximum absolute atomic E-state index is 13.5. The maximum Gasteiger partial charge on any atom is 0.315 e. The molecule has 0 bridgehead atoms. The number of hydroxylamine groups is 2. The number of aromatic nitrogens is 1. The Balaban J connectivity index is 1.68.